The van der Waals surface area contributed by atoms with Gasteiger partial charge in [0.2, 0.25) is 0 Å². The average molecular weight is 291 g/mol. The third-order valence-electron chi connectivity index (χ3n) is 4.04. The summed E-state index contributed by atoms with van der Waals surface area (Å²) in [5.74, 6) is 0.801. The molecule has 1 aromatic rings. The molecule has 0 saturated heterocycles. The molecular formula is C17H29N3O. The van der Waals surface area contributed by atoms with Crippen molar-refractivity contribution < 1.29 is 4.79 Å². The number of nitrogens with one attached hydrogen (secondary N) is 1. The standard InChI is InChI=1S/C17H29N3O/c1-8-9-14-10-13(11-15(18-6)19-14)16(21)20(7)12(2)17(3,4)5/h10-12H,8-9H2,1-7H3,(H,18,19). The zero-order valence-corrected chi connectivity index (χ0v) is 14.4. The summed E-state index contributed by atoms with van der Waals surface area (Å²) < 4.78 is 0. The van der Waals surface area contributed by atoms with Gasteiger partial charge in [0.25, 0.3) is 5.91 Å². The van der Waals surface area contributed by atoms with Crippen LogP contribution in [0.3, 0.4) is 0 Å². The van der Waals surface area contributed by atoms with E-state index in [9.17, 15) is 4.79 Å². The molecule has 0 aliphatic heterocycles. The fourth-order valence-electron chi connectivity index (χ4n) is 2.18. The smallest absolute Gasteiger partial charge is 0.254 e. The van der Waals surface area contributed by atoms with Crippen LogP contribution in [0.5, 0.6) is 0 Å². The van der Waals surface area contributed by atoms with Crippen LogP contribution in [-0.4, -0.2) is 35.9 Å². The highest BCUT2D eigenvalue weighted by Crippen LogP contribution is 2.24. The molecule has 0 aliphatic carbocycles. The summed E-state index contributed by atoms with van der Waals surface area (Å²) in [7, 11) is 3.70. The van der Waals surface area contributed by atoms with Crippen LogP contribution < -0.4 is 5.32 Å². The summed E-state index contributed by atoms with van der Waals surface area (Å²) >= 11 is 0. The van der Waals surface area contributed by atoms with Crippen molar-refractivity contribution in [2.75, 3.05) is 19.4 Å². The summed E-state index contributed by atoms with van der Waals surface area (Å²) in [6.07, 6.45) is 1.90. The lowest BCUT2D eigenvalue weighted by Crippen LogP contribution is -2.43. The van der Waals surface area contributed by atoms with Crippen molar-refractivity contribution in [2.45, 2.75) is 53.5 Å². The van der Waals surface area contributed by atoms with Gasteiger partial charge in [-0.05, 0) is 30.9 Å². The van der Waals surface area contributed by atoms with E-state index in [2.05, 4.69) is 44.9 Å². The molecule has 4 heteroatoms. The quantitative estimate of drug-likeness (QED) is 0.902. The predicted molar refractivity (Wildman–Crippen MR) is 88.8 cm³/mol. The Morgan fingerprint density at radius 3 is 2.48 bits per heavy atom. The highest BCUT2D eigenvalue weighted by atomic mass is 16.2. The molecule has 118 valence electrons. The number of nitrogens with zero attached hydrogens (tertiary/aromatic N) is 2. The number of carbonyl (C=O) groups is 1. The Morgan fingerprint density at radius 2 is 2.00 bits per heavy atom. The second kappa shape index (κ2) is 6.92. The minimum Gasteiger partial charge on any atom is -0.373 e. The van der Waals surface area contributed by atoms with E-state index in [0.29, 0.717) is 5.56 Å². The SMILES string of the molecule is CCCc1cc(C(=O)N(C)C(C)C(C)(C)C)cc(NC)n1. The Labute approximate surface area is 129 Å². The number of hydrogen-bond donors (Lipinski definition) is 1. The van der Waals surface area contributed by atoms with Crippen molar-refractivity contribution >= 4 is 11.7 Å². The van der Waals surface area contributed by atoms with Gasteiger partial charge in [-0.25, -0.2) is 4.98 Å². The number of anilines is 1. The van der Waals surface area contributed by atoms with E-state index >= 15 is 0 Å². The molecule has 4 nitrogen and oxygen atoms in total. The van der Waals surface area contributed by atoms with Gasteiger partial charge in [-0.15, -0.1) is 0 Å². The number of amides is 1. The van der Waals surface area contributed by atoms with Gasteiger partial charge >= 0.3 is 0 Å². The summed E-state index contributed by atoms with van der Waals surface area (Å²) in [5, 5.41) is 3.04. The number of aryl methyl sites for hydroxylation is 1. The van der Waals surface area contributed by atoms with Crippen LogP contribution in [0.1, 0.15) is 57.1 Å². The van der Waals surface area contributed by atoms with Crippen LogP contribution in [0.4, 0.5) is 5.82 Å². The fraction of sp³-hybridized carbons (Fsp3) is 0.647. The molecule has 0 saturated carbocycles. The Balaban J connectivity index is 3.08. The van der Waals surface area contributed by atoms with Gasteiger partial charge in [0.15, 0.2) is 0 Å². The third-order valence-corrected chi connectivity index (χ3v) is 4.04. The minimum absolute atomic E-state index is 0.0497. The van der Waals surface area contributed by atoms with Gasteiger partial charge in [0.1, 0.15) is 5.82 Å². The third kappa shape index (κ3) is 4.45. The first kappa shape index (κ1) is 17.5. The molecule has 1 unspecified atom stereocenters. The molecule has 0 radical (unpaired) electrons. The lowest BCUT2D eigenvalue weighted by atomic mass is 9.87. The van der Waals surface area contributed by atoms with E-state index in [-0.39, 0.29) is 17.4 Å². The van der Waals surface area contributed by atoms with Gasteiger partial charge in [0, 0.05) is 31.4 Å². The molecule has 1 heterocycles. The Kier molecular flexibility index (Phi) is 5.76. The maximum absolute atomic E-state index is 12.7. The van der Waals surface area contributed by atoms with Crippen molar-refractivity contribution in [3.63, 3.8) is 0 Å². The first-order valence-electron chi connectivity index (χ1n) is 7.66. The highest BCUT2D eigenvalue weighted by molar-refractivity contribution is 5.95. The van der Waals surface area contributed by atoms with E-state index in [1.165, 1.54) is 0 Å². The lowest BCUT2D eigenvalue weighted by molar-refractivity contribution is 0.0629. The normalized spacial score (nSPS) is 12.9. The van der Waals surface area contributed by atoms with Gasteiger partial charge in [0.05, 0.1) is 0 Å². The van der Waals surface area contributed by atoms with Crippen LogP contribution in [0.25, 0.3) is 0 Å². The summed E-state index contributed by atoms with van der Waals surface area (Å²) in [6, 6.07) is 3.90. The van der Waals surface area contributed by atoms with Gasteiger partial charge in [-0.1, -0.05) is 34.1 Å². The van der Waals surface area contributed by atoms with Crippen molar-refractivity contribution in [2.24, 2.45) is 5.41 Å². The number of hydrogen-bond acceptors (Lipinski definition) is 3. The van der Waals surface area contributed by atoms with Crippen LogP contribution >= 0.6 is 0 Å². The predicted octanol–water partition coefficient (Wildman–Crippen LogP) is 3.58. The molecular weight excluding hydrogens is 262 g/mol. The number of pyridine rings is 1. The van der Waals surface area contributed by atoms with Crippen LogP contribution in [0, 0.1) is 5.41 Å². The van der Waals surface area contributed by atoms with Crippen molar-refractivity contribution in [3.8, 4) is 0 Å². The Hall–Kier alpha value is -1.58. The summed E-state index contributed by atoms with van der Waals surface area (Å²) in [6.45, 7) is 10.6. The second-order valence-corrected chi connectivity index (χ2v) is 6.69. The van der Waals surface area contributed by atoms with E-state index in [0.717, 1.165) is 24.4 Å². The molecule has 1 aromatic heterocycles. The number of carbonyl (C=O) groups excluding carboxylic acids is 1. The summed E-state index contributed by atoms with van der Waals surface area (Å²) in [5.41, 5.74) is 1.72. The summed E-state index contributed by atoms with van der Waals surface area (Å²) in [4.78, 5) is 19.0. The van der Waals surface area contributed by atoms with Crippen LogP contribution in [0.2, 0.25) is 0 Å². The largest absolute Gasteiger partial charge is 0.373 e. The Bertz CT molecular complexity index is 491. The molecule has 21 heavy (non-hydrogen) atoms. The molecule has 1 amide bonds. The van der Waals surface area contributed by atoms with Crippen LogP contribution in [-0.2, 0) is 6.42 Å². The minimum atomic E-state index is 0.0497. The molecule has 0 aromatic carbocycles. The van der Waals surface area contributed by atoms with Gasteiger partial charge in [-0.2, -0.15) is 0 Å². The fourth-order valence-corrected chi connectivity index (χ4v) is 2.18. The molecule has 0 bridgehead atoms. The zero-order valence-electron chi connectivity index (χ0n) is 14.4. The van der Waals surface area contributed by atoms with E-state index in [1.54, 1.807) is 0 Å². The molecule has 0 aliphatic rings. The number of aromatic nitrogens is 1. The molecule has 1 rings (SSSR count). The molecule has 0 fully saturated rings. The van der Waals surface area contributed by atoms with E-state index in [1.807, 2.05) is 31.1 Å². The van der Waals surface area contributed by atoms with Crippen LogP contribution in [0.15, 0.2) is 12.1 Å². The van der Waals surface area contributed by atoms with Crippen molar-refractivity contribution in [1.82, 2.24) is 9.88 Å². The zero-order chi connectivity index (χ0) is 16.2. The van der Waals surface area contributed by atoms with E-state index < -0.39 is 0 Å². The molecule has 0 spiro atoms. The molecule has 1 atom stereocenters. The first-order chi connectivity index (χ1) is 9.70. The van der Waals surface area contributed by atoms with Crippen molar-refractivity contribution in [3.05, 3.63) is 23.4 Å². The highest BCUT2D eigenvalue weighted by Gasteiger charge is 2.27. The van der Waals surface area contributed by atoms with Gasteiger partial charge in [-0.3, -0.25) is 4.79 Å². The van der Waals surface area contributed by atoms with Gasteiger partial charge < -0.3 is 10.2 Å². The first-order valence-corrected chi connectivity index (χ1v) is 7.66. The maximum Gasteiger partial charge on any atom is 0.254 e. The van der Waals surface area contributed by atoms with E-state index in [4.69, 9.17) is 0 Å². The monoisotopic (exact) mass is 291 g/mol. The molecule has 1 N–H and O–H groups in total. The lowest BCUT2D eigenvalue weighted by Gasteiger charge is -2.35. The van der Waals surface area contributed by atoms with Crippen molar-refractivity contribution in [1.29, 1.82) is 0 Å². The second-order valence-electron chi connectivity index (χ2n) is 6.69. The topological polar surface area (TPSA) is 45.2 Å². The Morgan fingerprint density at radius 1 is 1.38 bits per heavy atom. The maximum atomic E-state index is 12.7. The number of rotatable bonds is 5. The average Bonchev–Trinajstić information content (AvgIpc) is 2.43.